The smallest absolute Gasteiger partial charge is 0.0468 e. The van der Waals surface area contributed by atoms with Gasteiger partial charge >= 0.3 is 0 Å². The molecule has 0 aliphatic rings. The molecule has 0 bridgehead atoms. The van der Waals surface area contributed by atoms with Gasteiger partial charge in [0.05, 0.1) is 0 Å². The Morgan fingerprint density at radius 3 is 1.74 bits per heavy atom. The molecule has 0 amide bonds. The zero-order chi connectivity index (χ0) is 23.1. The van der Waals surface area contributed by atoms with Crippen LogP contribution in [-0.4, -0.2) is 0 Å². The molecule has 0 fully saturated rings. The number of rotatable bonds is 4. The van der Waals surface area contributed by atoms with Gasteiger partial charge in [-0.1, -0.05) is 98.8 Å². The zero-order valence-electron chi connectivity index (χ0n) is 19.6. The van der Waals surface area contributed by atoms with Crippen molar-refractivity contribution in [2.24, 2.45) is 0 Å². The molecule has 1 heteroatoms. The van der Waals surface area contributed by atoms with Crippen molar-refractivity contribution >= 4 is 49.4 Å². The highest BCUT2D eigenvalue weighted by Gasteiger charge is 2.14. The zero-order valence-corrected chi connectivity index (χ0v) is 19.6. The van der Waals surface area contributed by atoms with Crippen molar-refractivity contribution in [3.8, 4) is 0 Å². The van der Waals surface area contributed by atoms with Crippen LogP contribution in [0.2, 0.25) is 0 Å². The predicted molar refractivity (Wildman–Crippen MR) is 148 cm³/mol. The Balaban J connectivity index is 1.52. The summed E-state index contributed by atoms with van der Waals surface area (Å²) >= 11 is 0. The van der Waals surface area contributed by atoms with Crippen molar-refractivity contribution in [3.05, 3.63) is 127 Å². The van der Waals surface area contributed by atoms with Gasteiger partial charge in [-0.05, 0) is 80.2 Å². The average Bonchev–Trinajstić information content (AvgIpc) is 2.89. The molecule has 0 aliphatic heterocycles. The molecule has 0 aromatic heterocycles. The van der Waals surface area contributed by atoms with Gasteiger partial charge in [0.25, 0.3) is 0 Å². The largest absolute Gasteiger partial charge is 0.310 e. The molecule has 0 atom stereocenters. The van der Waals surface area contributed by atoms with Crippen molar-refractivity contribution in [1.82, 2.24) is 0 Å². The van der Waals surface area contributed by atoms with Crippen LogP contribution in [0.1, 0.15) is 25.3 Å². The van der Waals surface area contributed by atoms with Crippen LogP contribution in [0, 0.1) is 0 Å². The second-order valence-electron chi connectivity index (χ2n) is 9.31. The van der Waals surface area contributed by atoms with Crippen LogP contribution >= 0.6 is 0 Å². The number of nitrogens with zero attached hydrogens (tertiary/aromatic N) is 1. The van der Waals surface area contributed by atoms with Crippen molar-refractivity contribution in [3.63, 3.8) is 0 Å². The molecule has 6 aromatic rings. The van der Waals surface area contributed by atoms with E-state index in [4.69, 9.17) is 0 Å². The molecule has 0 heterocycles. The number of anilines is 3. The fraction of sp³-hybridized carbons (Fsp3) is 0.0909. The highest BCUT2D eigenvalue weighted by Crippen LogP contribution is 2.38. The summed E-state index contributed by atoms with van der Waals surface area (Å²) in [5, 5.41) is 7.66. The maximum Gasteiger partial charge on any atom is 0.0468 e. The van der Waals surface area contributed by atoms with Crippen LogP contribution in [0.25, 0.3) is 32.3 Å². The molecule has 6 rings (SSSR count). The number of benzene rings is 6. The van der Waals surface area contributed by atoms with E-state index in [0.29, 0.717) is 5.92 Å². The van der Waals surface area contributed by atoms with E-state index in [9.17, 15) is 0 Å². The first-order chi connectivity index (χ1) is 16.7. The van der Waals surface area contributed by atoms with Gasteiger partial charge in [0.15, 0.2) is 0 Å². The first kappa shape index (κ1) is 20.5. The maximum atomic E-state index is 2.35. The van der Waals surface area contributed by atoms with E-state index >= 15 is 0 Å². The third-order valence-corrected chi connectivity index (χ3v) is 6.77. The van der Waals surface area contributed by atoms with Crippen molar-refractivity contribution in [2.45, 2.75) is 19.8 Å². The van der Waals surface area contributed by atoms with E-state index in [-0.39, 0.29) is 0 Å². The molecular weight excluding hydrogens is 410 g/mol. The number of fused-ring (bicyclic) bond motifs is 4. The lowest BCUT2D eigenvalue weighted by Gasteiger charge is -2.26. The molecule has 0 saturated carbocycles. The topological polar surface area (TPSA) is 3.24 Å². The van der Waals surface area contributed by atoms with E-state index in [1.165, 1.54) is 37.9 Å². The Morgan fingerprint density at radius 1 is 0.441 bits per heavy atom. The predicted octanol–water partition coefficient (Wildman–Crippen LogP) is 9.74. The second kappa shape index (κ2) is 8.35. The number of hydrogen-bond acceptors (Lipinski definition) is 1. The lowest BCUT2D eigenvalue weighted by Crippen LogP contribution is -2.09. The number of para-hydroxylation sites is 1. The summed E-state index contributed by atoms with van der Waals surface area (Å²) < 4.78 is 0. The Morgan fingerprint density at radius 2 is 1.00 bits per heavy atom. The average molecular weight is 438 g/mol. The lowest BCUT2D eigenvalue weighted by atomic mass is 9.96. The van der Waals surface area contributed by atoms with Gasteiger partial charge in [0.1, 0.15) is 0 Å². The highest BCUT2D eigenvalue weighted by atomic mass is 15.1. The van der Waals surface area contributed by atoms with Crippen molar-refractivity contribution in [1.29, 1.82) is 0 Å². The summed E-state index contributed by atoms with van der Waals surface area (Å²) in [6.45, 7) is 4.50. The van der Waals surface area contributed by atoms with Gasteiger partial charge < -0.3 is 4.90 Å². The normalized spacial score (nSPS) is 11.5. The van der Waals surface area contributed by atoms with Crippen LogP contribution in [0.4, 0.5) is 17.1 Å². The summed E-state index contributed by atoms with van der Waals surface area (Å²) in [7, 11) is 0. The summed E-state index contributed by atoms with van der Waals surface area (Å²) in [5.41, 5.74) is 4.85. The SMILES string of the molecule is CC(C)c1ccc2c(ccc3cc(N(c4ccccc4)c4ccc5ccccc5c4)ccc32)c1. The molecule has 0 unspecified atom stereocenters. The minimum Gasteiger partial charge on any atom is -0.310 e. The Kier molecular flexibility index (Phi) is 5.04. The first-order valence-electron chi connectivity index (χ1n) is 12.0. The molecule has 164 valence electrons. The summed E-state index contributed by atoms with van der Waals surface area (Å²) in [6, 6.07) is 44.1. The van der Waals surface area contributed by atoms with E-state index in [1.807, 2.05) is 0 Å². The molecule has 0 radical (unpaired) electrons. The Bertz CT molecular complexity index is 1630. The summed E-state index contributed by atoms with van der Waals surface area (Å²) in [4.78, 5) is 2.35. The highest BCUT2D eigenvalue weighted by molar-refractivity contribution is 6.08. The Labute approximate surface area is 200 Å². The molecule has 0 aliphatic carbocycles. The van der Waals surface area contributed by atoms with E-state index in [1.54, 1.807) is 0 Å². The standard InChI is InChI=1S/C33H27N/c1-23(2)25-15-18-32-27(20-25)12-13-28-22-31(17-19-33(28)32)34(29-10-4-3-5-11-29)30-16-14-24-8-6-7-9-26(24)21-30/h3-23H,1-2H3. The first-order valence-corrected chi connectivity index (χ1v) is 12.0. The van der Waals surface area contributed by atoms with Crippen LogP contribution in [0.15, 0.2) is 121 Å². The maximum absolute atomic E-state index is 2.35. The van der Waals surface area contributed by atoms with E-state index < -0.39 is 0 Å². The van der Waals surface area contributed by atoms with Crippen LogP contribution in [0.3, 0.4) is 0 Å². The molecule has 0 N–H and O–H groups in total. The molecule has 1 nitrogen and oxygen atoms in total. The third kappa shape index (κ3) is 3.60. The molecule has 6 aromatic carbocycles. The Hall–Kier alpha value is -4.10. The monoisotopic (exact) mass is 437 g/mol. The summed E-state index contributed by atoms with van der Waals surface area (Å²) in [5.74, 6) is 0.531. The van der Waals surface area contributed by atoms with Gasteiger partial charge in [-0.3, -0.25) is 0 Å². The van der Waals surface area contributed by atoms with Gasteiger partial charge in [0, 0.05) is 17.1 Å². The van der Waals surface area contributed by atoms with E-state index in [0.717, 1.165) is 17.1 Å². The van der Waals surface area contributed by atoms with Crippen LogP contribution < -0.4 is 4.90 Å². The van der Waals surface area contributed by atoms with Gasteiger partial charge in [-0.2, -0.15) is 0 Å². The van der Waals surface area contributed by atoms with Gasteiger partial charge in [0.2, 0.25) is 0 Å². The fourth-order valence-electron chi connectivity index (χ4n) is 4.92. The second-order valence-corrected chi connectivity index (χ2v) is 9.31. The van der Waals surface area contributed by atoms with Gasteiger partial charge in [-0.15, -0.1) is 0 Å². The van der Waals surface area contributed by atoms with E-state index in [2.05, 4.69) is 140 Å². The fourth-order valence-corrected chi connectivity index (χ4v) is 4.92. The molecule has 0 spiro atoms. The third-order valence-electron chi connectivity index (χ3n) is 6.77. The molecule has 34 heavy (non-hydrogen) atoms. The van der Waals surface area contributed by atoms with Crippen LogP contribution in [0.5, 0.6) is 0 Å². The summed E-state index contributed by atoms with van der Waals surface area (Å²) in [6.07, 6.45) is 0. The molecule has 0 saturated heterocycles. The number of hydrogen-bond donors (Lipinski definition) is 0. The van der Waals surface area contributed by atoms with Crippen molar-refractivity contribution < 1.29 is 0 Å². The van der Waals surface area contributed by atoms with Gasteiger partial charge in [-0.25, -0.2) is 0 Å². The van der Waals surface area contributed by atoms with Crippen molar-refractivity contribution in [2.75, 3.05) is 4.90 Å². The molecular formula is C33H27N. The quantitative estimate of drug-likeness (QED) is 0.248. The minimum absolute atomic E-state index is 0.531. The lowest BCUT2D eigenvalue weighted by molar-refractivity contribution is 0.869. The van der Waals surface area contributed by atoms with Crippen LogP contribution in [-0.2, 0) is 0 Å². The minimum atomic E-state index is 0.531.